The SMILES string of the molecule is CC(C)(C)OC(=O)NC1C2CN(c3c(F)cc(N4C[C@H](CNC(=O)C(Cl)Cl)OC4=O)cc3F)CC21. The summed E-state index contributed by atoms with van der Waals surface area (Å²) in [7, 11) is 0. The summed E-state index contributed by atoms with van der Waals surface area (Å²) in [6, 6.07) is 2.07. The number of benzene rings is 1. The maximum Gasteiger partial charge on any atom is 0.414 e. The van der Waals surface area contributed by atoms with Gasteiger partial charge in [0.2, 0.25) is 0 Å². The van der Waals surface area contributed by atoms with Crippen molar-refractivity contribution in [1.82, 2.24) is 10.6 Å². The molecule has 1 saturated carbocycles. The van der Waals surface area contributed by atoms with Gasteiger partial charge < -0.3 is 25.0 Å². The quantitative estimate of drug-likeness (QED) is 0.543. The van der Waals surface area contributed by atoms with Crippen molar-refractivity contribution in [2.24, 2.45) is 11.8 Å². The van der Waals surface area contributed by atoms with Crippen LogP contribution in [0.1, 0.15) is 20.8 Å². The molecular formula is C22H26Cl2F2N4O5. The van der Waals surface area contributed by atoms with Crippen LogP contribution in [0.2, 0.25) is 0 Å². The molecule has 1 aromatic carbocycles. The summed E-state index contributed by atoms with van der Waals surface area (Å²) in [5, 5.41) is 5.24. The summed E-state index contributed by atoms with van der Waals surface area (Å²) in [6.07, 6.45) is -2.03. The highest BCUT2D eigenvalue weighted by atomic mass is 35.5. The fourth-order valence-electron chi connectivity index (χ4n) is 4.51. The number of alkyl halides is 2. The third-order valence-corrected chi connectivity index (χ3v) is 6.48. The van der Waals surface area contributed by atoms with Crippen LogP contribution in [0.5, 0.6) is 0 Å². The lowest BCUT2D eigenvalue weighted by Crippen LogP contribution is -2.38. The monoisotopic (exact) mass is 534 g/mol. The number of cyclic esters (lactones) is 1. The Hall–Kier alpha value is -2.53. The number of alkyl carbamates (subject to hydrolysis) is 1. The van der Waals surface area contributed by atoms with Gasteiger partial charge in [-0.2, -0.15) is 0 Å². The van der Waals surface area contributed by atoms with Crippen LogP contribution in [0.15, 0.2) is 12.1 Å². The third kappa shape index (κ3) is 5.66. The van der Waals surface area contributed by atoms with Crippen molar-refractivity contribution in [3.05, 3.63) is 23.8 Å². The second-order valence-corrected chi connectivity index (χ2v) is 10.9. The smallest absolute Gasteiger partial charge is 0.414 e. The summed E-state index contributed by atoms with van der Waals surface area (Å²) in [5.74, 6) is -2.11. The van der Waals surface area contributed by atoms with Crippen molar-refractivity contribution in [2.45, 2.75) is 43.4 Å². The van der Waals surface area contributed by atoms with Crippen LogP contribution in [-0.4, -0.2) is 66.9 Å². The molecule has 2 aliphatic heterocycles. The number of carbonyl (C=O) groups excluding carboxylic acids is 3. The average molecular weight is 535 g/mol. The molecule has 0 spiro atoms. The van der Waals surface area contributed by atoms with E-state index >= 15 is 0 Å². The van der Waals surface area contributed by atoms with E-state index in [1.807, 2.05) is 0 Å². The largest absolute Gasteiger partial charge is 0.444 e. The number of nitrogens with one attached hydrogen (secondary N) is 2. The first-order chi connectivity index (χ1) is 16.3. The van der Waals surface area contributed by atoms with Gasteiger partial charge in [-0.15, -0.1) is 0 Å². The molecular weight excluding hydrogens is 509 g/mol. The zero-order valence-corrected chi connectivity index (χ0v) is 20.8. The Kier molecular flexibility index (Phi) is 6.93. The Morgan fingerprint density at radius 1 is 1.17 bits per heavy atom. The maximum atomic E-state index is 15.0. The minimum absolute atomic E-state index is 0.00367. The molecule has 0 bridgehead atoms. The number of rotatable bonds is 6. The molecule has 1 aliphatic carbocycles. The van der Waals surface area contributed by atoms with E-state index in [0.717, 1.165) is 17.0 Å². The highest BCUT2D eigenvalue weighted by molar-refractivity contribution is 6.53. The molecule has 1 aromatic rings. The van der Waals surface area contributed by atoms with E-state index in [1.165, 1.54) is 0 Å². The van der Waals surface area contributed by atoms with Gasteiger partial charge in [0.15, 0.2) is 16.5 Å². The van der Waals surface area contributed by atoms with E-state index in [2.05, 4.69) is 10.6 Å². The molecule has 0 aromatic heterocycles. The lowest BCUT2D eigenvalue weighted by Gasteiger charge is -2.25. The minimum Gasteiger partial charge on any atom is -0.444 e. The number of anilines is 2. The van der Waals surface area contributed by atoms with Crippen molar-refractivity contribution in [2.75, 3.05) is 36.0 Å². The summed E-state index contributed by atoms with van der Waals surface area (Å²) >= 11 is 10.9. The van der Waals surface area contributed by atoms with Crippen molar-refractivity contribution < 1.29 is 32.6 Å². The number of hydrogen-bond donors (Lipinski definition) is 2. The van der Waals surface area contributed by atoms with Gasteiger partial charge in [0.1, 0.15) is 17.4 Å². The van der Waals surface area contributed by atoms with Crippen LogP contribution in [0, 0.1) is 23.5 Å². The van der Waals surface area contributed by atoms with E-state index in [-0.39, 0.29) is 42.3 Å². The van der Waals surface area contributed by atoms with Crippen LogP contribution >= 0.6 is 23.2 Å². The van der Waals surface area contributed by atoms with Gasteiger partial charge in [-0.05, 0) is 20.8 Å². The van der Waals surface area contributed by atoms with Crippen LogP contribution in [0.25, 0.3) is 0 Å². The average Bonchev–Trinajstić information content (AvgIpc) is 3.06. The first kappa shape index (κ1) is 25.6. The predicted molar refractivity (Wildman–Crippen MR) is 125 cm³/mol. The van der Waals surface area contributed by atoms with E-state index < -0.39 is 46.3 Å². The van der Waals surface area contributed by atoms with Crippen molar-refractivity contribution in [3.8, 4) is 0 Å². The van der Waals surface area contributed by atoms with Gasteiger partial charge in [0.25, 0.3) is 5.91 Å². The molecule has 0 radical (unpaired) electrons. The number of amides is 3. The second-order valence-electron chi connectivity index (χ2n) is 9.82. The van der Waals surface area contributed by atoms with Gasteiger partial charge in [-0.25, -0.2) is 18.4 Å². The van der Waals surface area contributed by atoms with E-state index in [0.29, 0.717) is 13.1 Å². The lowest BCUT2D eigenvalue weighted by atomic mass is 10.2. The number of fused-ring (bicyclic) bond motifs is 1. The van der Waals surface area contributed by atoms with E-state index in [1.54, 1.807) is 25.7 Å². The molecule has 3 aliphatic rings. The minimum atomic E-state index is -1.26. The number of nitrogens with zero attached hydrogens (tertiary/aromatic N) is 2. The van der Waals surface area contributed by atoms with Gasteiger partial charge in [0.05, 0.1) is 18.8 Å². The molecule has 2 unspecified atom stereocenters. The Bertz CT molecular complexity index is 1000. The van der Waals surface area contributed by atoms with Crippen LogP contribution in [0.4, 0.5) is 29.7 Å². The Morgan fingerprint density at radius 2 is 1.77 bits per heavy atom. The molecule has 3 fully saturated rings. The zero-order valence-electron chi connectivity index (χ0n) is 19.3. The van der Waals surface area contributed by atoms with Crippen molar-refractivity contribution >= 4 is 52.7 Å². The van der Waals surface area contributed by atoms with E-state index in [9.17, 15) is 23.2 Å². The molecule has 3 atom stereocenters. The Labute approximate surface area is 211 Å². The Morgan fingerprint density at radius 3 is 2.31 bits per heavy atom. The lowest BCUT2D eigenvalue weighted by molar-refractivity contribution is -0.119. The van der Waals surface area contributed by atoms with Gasteiger partial charge >= 0.3 is 12.2 Å². The highest BCUT2D eigenvalue weighted by Gasteiger charge is 2.57. The first-order valence-corrected chi connectivity index (χ1v) is 12.0. The molecule has 2 heterocycles. The predicted octanol–water partition coefficient (Wildman–Crippen LogP) is 3.17. The molecule has 13 heteroatoms. The number of halogens is 4. The topological polar surface area (TPSA) is 100 Å². The van der Waals surface area contributed by atoms with Crippen molar-refractivity contribution in [3.63, 3.8) is 0 Å². The highest BCUT2D eigenvalue weighted by Crippen LogP contribution is 2.48. The molecule has 35 heavy (non-hydrogen) atoms. The number of hydrogen-bond acceptors (Lipinski definition) is 6. The number of piperidine rings is 1. The van der Waals surface area contributed by atoms with E-state index in [4.69, 9.17) is 32.7 Å². The maximum absolute atomic E-state index is 15.0. The van der Waals surface area contributed by atoms with Gasteiger partial charge in [0, 0.05) is 43.1 Å². The van der Waals surface area contributed by atoms with Crippen LogP contribution < -0.4 is 20.4 Å². The first-order valence-electron chi connectivity index (χ1n) is 11.1. The summed E-state index contributed by atoms with van der Waals surface area (Å²) in [4.78, 5) is 37.1. The molecule has 3 amide bonds. The number of ether oxygens (including phenoxy) is 2. The molecule has 2 saturated heterocycles. The van der Waals surface area contributed by atoms with Gasteiger partial charge in [-0.3, -0.25) is 9.69 Å². The van der Waals surface area contributed by atoms with Gasteiger partial charge in [-0.1, -0.05) is 23.2 Å². The molecule has 4 rings (SSSR count). The summed E-state index contributed by atoms with van der Waals surface area (Å²) in [5.41, 5.74) is -0.783. The van der Waals surface area contributed by atoms with Crippen LogP contribution in [0.3, 0.4) is 0 Å². The van der Waals surface area contributed by atoms with Crippen molar-refractivity contribution in [1.29, 1.82) is 0 Å². The fourth-order valence-corrected chi connectivity index (χ4v) is 4.66. The fraction of sp³-hybridized carbons (Fsp3) is 0.591. The summed E-state index contributed by atoms with van der Waals surface area (Å²) < 4.78 is 40.4. The molecule has 2 N–H and O–H groups in total. The van der Waals surface area contributed by atoms with Crippen LogP contribution in [-0.2, 0) is 14.3 Å². The normalized spacial score (nSPS) is 25.4. The molecule has 9 nitrogen and oxygen atoms in total. The Balaban J connectivity index is 1.35. The zero-order chi connectivity index (χ0) is 25.7. The number of carbonyl (C=O) groups is 3. The second kappa shape index (κ2) is 9.50. The standard InChI is InChI=1S/C22H26Cl2F2N4O5/c1-22(2,3)35-20(32)28-16-12-8-29(9-13(12)16)17-14(25)4-10(5-15(17)26)30-7-11(34-21(30)33)6-27-19(31)18(23)24/h4-5,11-13,16,18H,6-9H2,1-3H3,(H,27,31)(H,28,32)/t11-,12?,13?,16?/m0/s1. The third-order valence-electron chi connectivity index (χ3n) is 6.08. The molecule has 192 valence electrons. The summed E-state index contributed by atoms with van der Waals surface area (Å²) in [6.45, 7) is 6.02.